The van der Waals surface area contributed by atoms with Crippen molar-refractivity contribution in [2.24, 2.45) is 0 Å². The van der Waals surface area contributed by atoms with Gasteiger partial charge in [-0.25, -0.2) is 4.84 Å². The Morgan fingerprint density at radius 1 is 1.38 bits per heavy atom. The summed E-state index contributed by atoms with van der Waals surface area (Å²) in [7, 11) is 5.39. The van der Waals surface area contributed by atoms with E-state index >= 15 is 0 Å². The first-order chi connectivity index (χ1) is 5.83. The number of aldehydes is 1. The number of carbonyl (C=O) groups is 1. The second-order valence-electron chi connectivity index (χ2n) is 4.16. The highest BCUT2D eigenvalue weighted by Gasteiger charge is 2.23. The van der Waals surface area contributed by atoms with Crippen LogP contribution in [0.25, 0.3) is 0 Å². The van der Waals surface area contributed by atoms with Gasteiger partial charge >= 0.3 is 0 Å². The highest BCUT2D eigenvalue weighted by molar-refractivity contribution is 5.51. The fourth-order valence-corrected chi connectivity index (χ4v) is 0.643. The summed E-state index contributed by atoms with van der Waals surface area (Å²) in [4.78, 5) is 15.4. The van der Waals surface area contributed by atoms with Crippen LogP contribution in [0.1, 0.15) is 20.3 Å². The highest BCUT2D eigenvalue weighted by atomic mass is 16.7. The first-order valence-corrected chi connectivity index (χ1v) is 4.29. The molecule has 0 heterocycles. The Morgan fingerprint density at radius 2 is 1.92 bits per heavy atom. The van der Waals surface area contributed by atoms with Crippen molar-refractivity contribution in [2.75, 3.05) is 27.9 Å². The molecule has 0 aromatic carbocycles. The van der Waals surface area contributed by atoms with Crippen molar-refractivity contribution in [1.82, 2.24) is 0 Å². The van der Waals surface area contributed by atoms with Gasteiger partial charge in [-0.05, 0) is 13.8 Å². The van der Waals surface area contributed by atoms with Gasteiger partial charge in [-0.1, -0.05) is 0 Å². The second kappa shape index (κ2) is 4.69. The van der Waals surface area contributed by atoms with Crippen LogP contribution in [0.4, 0.5) is 0 Å². The third-order valence-electron chi connectivity index (χ3n) is 1.84. The minimum Gasteiger partial charge on any atom is -0.323 e. The van der Waals surface area contributed by atoms with Crippen LogP contribution in [-0.2, 0) is 14.4 Å². The molecule has 0 amide bonds. The molecule has 0 aliphatic heterocycles. The van der Waals surface area contributed by atoms with E-state index in [9.17, 15) is 4.79 Å². The van der Waals surface area contributed by atoms with Gasteiger partial charge in [0.2, 0.25) is 6.73 Å². The predicted molar refractivity (Wildman–Crippen MR) is 49.8 cm³/mol. The Morgan fingerprint density at radius 3 is 2.31 bits per heavy atom. The van der Waals surface area contributed by atoms with Crippen LogP contribution < -0.4 is 0 Å². The van der Waals surface area contributed by atoms with E-state index in [0.717, 1.165) is 6.29 Å². The molecule has 0 unspecified atom stereocenters. The molecule has 0 aliphatic rings. The lowest BCUT2D eigenvalue weighted by atomic mass is 10.1. The third-order valence-corrected chi connectivity index (χ3v) is 1.84. The number of hydrogen-bond acceptors (Lipinski definition) is 3. The van der Waals surface area contributed by atoms with E-state index in [1.54, 1.807) is 7.11 Å². The van der Waals surface area contributed by atoms with Crippen molar-refractivity contribution < 1.29 is 19.0 Å². The van der Waals surface area contributed by atoms with E-state index in [0.29, 0.717) is 17.8 Å². The normalized spacial score (nSPS) is 13.0. The minimum atomic E-state index is -0.407. The van der Waals surface area contributed by atoms with Crippen molar-refractivity contribution >= 4 is 6.29 Å². The summed E-state index contributed by atoms with van der Waals surface area (Å²) in [5.41, 5.74) is -0.407. The van der Waals surface area contributed by atoms with E-state index in [1.807, 2.05) is 27.9 Å². The number of nitrogens with zero attached hydrogens (tertiary/aromatic N) is 1. The smallest absolute Gasteiger partial charge is 0.213 e. The maximum absolute atomic E-state index is 10.3. The van der Waals surface area contributed by atoms with Crippen LogP contribution in [0.15, 0.2) is 0 Å². The zero-order valence-electron chi connectivity index (χ0n) is 9.16. The molecule has 13 heavy (non-hydrogen) atoms. The summed E-state index contributed by atoms with van der Waals surface area (Å²) >= 11 is 0. The van der Waals surface area contributed by atoms with Crippen molar-refractivity contribution in [3.63, 3.8) is 0 Å². The number of rotatable bonds is 6. The molecule has 0 rings (SSSR count). The number of hydrogen-bond donors (Lipinski definition) is 0. The van der Waals surface area contributed by atoms with Gasteiger partial charge in [-0.15, -0.1) is 0 Å². The Hall–Kier alpha value is -0.450. The molecule has 78 valence electrons. The van der Waals surface area contributed by atoms with E-state index in [1.165, 1.54) is 0 Å². The third kappa shape index (κ3) is 5.74. The van der Waals surface area contributed by atoms with Crippen LogP contribution in [0.2, 0.25) is 0 Å². The fraction of sp³-hybridized carbons (Fsp3) is 0.889. The first kappa shape index (κ1) is 12.6. The van der Waals surface area contributed by atoms with Crippen LogP contribution in [0.5, 0.6) is 0 Å². The Bertz CT molecular complexity index is 166. The molecule has 0 atom stereocenters. The van der Waals surface area contributed by atoms with Crippen LogP contribution in [-0.4, -0.2) is 44.5 Å². The summed E-state index contributed by atoms with van der Waals surface area (Å²) in [5.74, 6) is 0. The maximum Gasteiger partial charge on any atom is 0.213 e. The van der Waals surface area contributed by atoms with Crippen molar-refractivity contribution in [1.29, 1.82) is 0 Å². The zero-order valence-corrected chi connectivity index (χ0v) is 9.16. The van der Waals surface area contributed by atoms with Gasteiger partial charge < -0.3 is 9.53 Å². The fourth-order valence-electron chi connectivity index (χ4n) is 0.643. The number of carbonyl (C=O) groups excluding carboxylic acids is 1. The predicted octanol–water partition coefficient (Wildman–Crippen LogP) is 0.966. The van der Waals surface area contributed by atoms with E-state index in [4.69, 9.17) is 9.57 Å². The zero-order chi connectivity index (χ0) is 10.5. The van der Waals surface area contributed by atoms with Crippen LogP contribution in [0, 0.1) is 0 Å². The lowest BCUT2D eigenvalue weighted by Gasteiger charge is -2.29. The average Bonchev–Trinajstić information content (AvgIpc) is 2.02. The molecule has 0 fully saturated rings. The molecule has 0 aromatic rings. The summed E-state index contributed by atoms with van der Waals surface area (Å²) in [6.07, 6.45) is 1.27. The van der Waals surface area contributed by atoms with Gasteiger partial charge in [0.05, 0.1) is 12.7 Å². The molecular weight excluding hydrogens is 170 g/mol. The Labute approximate surface area is 80.0 Å². The molecule has 0 bridgehead atoms. The van der Waals surface area contributed by atoms with Gasteiger partial charge in [-0.2, -0.15) is 4.65 Å². The summed E-state index contributed by atoms with van der Waals surface area (Å²) in [5, 5.41) is 0. The van der Waals surface area contributed by atoms with Crippen LogP contribution in [0.3, 0.4) is 0 Å². The standard InChI is InChI=1S/C9H20NO3/c1-9(2,6-7-11)13-8-10(3,4)12-5/h7H,6,8H2,1-5H3/q+1. The van der Waals surface area contributed by atoms with Gasteiger partial charge in [0.1, 0.15) is 20.4 Å². The lowest BCUT2D eigenvalue weighted by Crippen LogP contribution is -2.43. The topological polar surface area (TPSA) is 35.5 Å². The van der Waals surface area contributed by atoms with Crippen molar-refractivity contribution in [2.45, 2.75) is 25.9 Å². The molecule has 0 aliphatic carbocycles. The minimum absolute atomic E-state index is 0.322. The molecule has 0 saturated carbocycles. The average molecular weight is 190 g/mol. The second-order valence-corrected chi connectivity index (χ2v) is 4.16. The highest BCUT2D eigenvalue weighted by Crippen LogP contribution is 2.14. The molecule has 0 radical (unpaired) electrons. The van der Waals surface area contributed by atoms with Crippen molar-refractivity contribution in [3.8, 4) is 0 Å². The largest absolute Gasteiger partial charge is 0.323 e. The van der Waals surface area contributed by atoms with E-state index in [2.05, 4.69) is 0 Å². The summed E-state index contributed by atoms with van der Waals surface area (Å²) in [6, 6.07) is 0. The molecule has 0 spiro atoms. The quantitative estimate of drug-likeness (QED) is 0.271. The SMILES string of the molecule is CO[N+](C)(C)COC(C)(C)CC=O. The maximum atomic E-state index is 10.3. The van der Waals surface area contributed by atoms with Gasteiger partial charge in [-0.3, -0.25) is 0 Å². The summed E-state index contributed by atoms with van der Waals surface area (Å²) < 4.78 is 5.86. The number of ether oxygens (including phenoxy) is 1. The Balaban J connectivity index is 3.93. The van der Waals surface area contributed by atoms with Crippen LogP contribution >= 0.6 is 0 Å². The molecule has 4 nitrogen and oxygen atoms in total. The molecule has 0 aromatic heterocycles. The summed E-state index contributed by atoms with van der Waals surface area (Å²) in [6.45, 7) is 4.20. The first-order valence-electron chi connectivity index (χ1n) is 4.29. The molecular formula is C9H20NO3+. The molecule has 0 saturated heterocycles. The van der Waals surface area contributed by atoms with Gasteiger partial charge in [0.15, 0.2) is 0 Å². The number of hydroxylamine groups is 3. The molecule has 0 N–H and O–H groups in total. The van der Waals surface area contributed by atoms with E-state index in [-0.39, 0.29) is 0 Å². The molecule has 4 heteroatoms. The van der Waals surface area contributed by atoms with Crippen molar-refractivity contribution in [3.05, 3.63) is 0 Å². The number of quaternary nitrogens is 1. The Kier molecular flexibility index (Phi) is 4.53. The van der Waals surface area contributed by atoms with E-state index < -0.39 is 5.60 Å². The lowest BCUT2D eigenvalue weighted by molar-refractivity contribution is -1.09. The van der Waals surface area contributed by atoms with Gasteiger partial charge in [0, 0.05) is 6.42 Å². The monoisotopic (exact) mass is 190 g/mol. The van der Waals surface area contributed by atoms with Gasteiger partial charge in [0.25, 0.3) is 0 Å².